The Labute approximate surface area is 153 Å². The lowest BCUT2D eigenvalue weighted by Gasteiger charge is -2.15. The zero-order valence-electron chi connectivity index (χ0n) is 13.8. The van der Waals surface area contributed by atoms with Crippen LogP contribution in [0.2, 0.25) is 5.02 Å². The number of aromatic nitrogens is 2. The summed E-state index contributed by atoms with van der Waals surface area (Å²) in [5.41, 5.74) is 1.83. The smallest absolute Gasteiger partial charge is 0.274 e. The third-order valence-corrected chi connectivity index (χ3v) is 4.04. The van der Waals surface area contributed by atoms with Gasteiger partial charge >= 0.3 is 0 Å². The van der Waals surface area contributed by atoms with Gasteiger partial charge in [0, 0.05) is 24.2 Å². The lowest BCUT2D eigenvalue weighted by atomic mass is 10.1. The van der Waals surface area contributed by atoms with Crippen molar-refractivity contribution in [1.29, 1.82) is 0 Å². The quantitative estimate of drug-likeness (QED) is 0.800. The fourth-order valence-corrected chi connectivity index (χ4v) is 2.99. The van der Waals surface area contributed by atoms with Gasteiger partial charge in [-0.1, -0.05) is 11.6 Å². The highest BCUT2D eigenvalue weighted by molar-refractivity contribution is 9.10. The molecule has 2 aromatic rings. The standard InChI is InChI=1S/C16H18BrClN4O2/c1-8(2)22-12(7-13(17)21-22)16(24)20-14-9(3)5-10(18)6-11(14)15(23)19-4/h5-8H,1-4H3,(H,19,23)(H,20,24). The molecule has 0 aliphatic carbocycles. The predicted molar refractivity (Wildman–Crippen MR) is 97.8 cm³/mol. The summed E-state index contributed by atoms with van der Waals surface area (Å²) in [4.78, 5) is 24.8. The minimum absolute atomic E-state index is 0.0155. The molecule has 0 aliphatic heterocycles. The van der Waals surface area contributed by atoms with Crippen LogP contribution in [0, 0.1) is 6.92 Å². The average Bonchev–Trinajstić information content (AvgIpc) is 2.91. The fourth-order valence-electron chi connectivity index (χ4n) is 2.33. The van der Waals surface area contributed by atoms with Crippen LogP contribution >= 0.6 is 27.5 Å². The number of anilines is 1. The molecular weight excluding hydrogens is 396 g/mol. The minimum Gasteiger partial charge on any atom is -0.355 e. The van der Waals surface area contributed by atoms with Gasteiger partial charge in [0.05, 0.1) is 11.3 Å². The van der Waals surface area contributed by atoms with Crippen LogP contribution < -0.4 is 10.6 Å². The summed E-state index contributed by atoms with van der Waals surface area (Å²) in [6.45, 7) is 5.64. The number of halogens is 2. The van der Waals surface area contributed by atoms with E-state index in [-0.39, 0.29) is 17.9 Å². The highest BCUT2D eigenvalue weighted by atomic mass is 79.9. The average molecular weight is 414 g/mol. The van der Waals surface area contributed by atoms with Crippen LogP contribution in [0.4, 0.5) is 5.69 Å². The van der Waals surface area contributed by atoms with E-state index in [0.29, 0.717) is 32.1 Å². The lowest BCUT2D eigenvalue weighted by molar-refractivity contribution is 0.0964. The summed E-state index contributed by atoms with van der Waals surface area (Å²) in [7, 11) is 1.52. The topological polar surface area (TPSA) is 76.0 Å². The van der Waals surface area contributed by atoms with Crippen molar-refractivity contribution in [2.75, 3.05) is 12.4 Å². The van der Waals surface area contributed by atoms with Crippen LogP contribution in [-0.4, -0.2) is 28.6 Å². The Kier molecular flexibility index (Phi) is 5.66. The second kappa shape index (κ2) is 7.36. The lowest BCUT2D eigenvalue weighted by Crippen LogP contribution is -2.24. The van der Waals surface area contributed by atoms with E-state index in [1.807, 2.05) is 13.8 Å². The van der Waals surface area contributed by atoms with Crippen molar-refractivity contribution in [3.05, 3.63) is 44.6 Å². The number of nitrogens with one attached hydrogen (secondary N) is 2. The molecule has 1 aromatic heterocycles. The second-order valence-corrected chi connectivity index (χ2v) is 6.82. The van der Waals surface area contributed by atoms with Crippen molar-refractivity contribution in [3.63, 3.8) is 0 Å². The van der Waals surface area contributed by atoms with E-state index in [0.717, 1.165) is 0 Å². The van der Waals surface area contributed by atoms with Gasteiger partial charge in [0.15, 0.2) is 0 Å². The number of benzene rings is 1. The number of aryl methyl sites for hydroxylation is 1. The molecule has 2 rings (SSSR count). The van der Waals surface area contributed by atoms with Crippen LogP contribution in [0.3, 0.4) is 0 Å². The minimum atomic E-state index is -0.350. The van der Waals surface area contributed by atoms with Crippen LogP contribution in [0.25, 0.3) is 0 Å². The number of hydrogen-bond donors (Lipinski definition) is 2. The fraction of sp³-hybridized carbons (Fsp3) is 0.312. The third kappa shape index (κ3) is 3.79. The molecule has 0 radical (unpaired) electrons. The summed E-state index contributed by atoms with van der Waals surface area (Å²) in [5, 5.41) is 10.0. The molecule has 6 nitrogen and oxygen atoms in total. The number of carbonyl (C=O) groups excluding carboxylic acids is 2. The van der Waals surface area contributed by atoms with E-state index in [4.69, 9.17) is 11.6 Å². The third-order valence-electron chi connectivity index (χ3n) is 3.44. The van der Waals surface area contributed by atoms with Crippen molar-refractivity contribution < 1.29 is 9.59 Å². The van der Waals surface area contributed by atoms with Crippen molar-refractivity contribution >= 4 is 45.0 Å². The number of carbonyl (C=O) groups is 2. The maximum Gasteiger partial charge on any atom is 0.274 e. The SMILES string of the molecule is CNC(=O)c1cc(Cl)cc(C)c1NC(=O)c1cc(Br)nn1C(C)C. The molecule has 1 heterocycles. The van der Waals surface area contributed by atoms with Gasteiger partial charge in [-0.15, -0.1) is 0 Å². The van der Waals surface area contributed by atoms with Crippen LogP contribution in [0.5, 0.6) is 0 Å². The van der Waals surface area contributed by atoms with Crippen molar-refractivity contribution in [3.8, 4) is 0 Å². The Morgan fingerprint density at radius 1 is 1.25 bits per heavy atom. The summed E-state index contributed by atoms with van der Waals surface area (Å²) < 4.78 is 2.19. The van der Waals surface area contributed by atoms with Gasteiger partial charge in [0.2, 0.25) is 0 Å². The second-order valence-electron chi connectivity index (χ2n) is 5.57. The monoisotopic (exact) mass is 412 g/mol. The Bertz CT molecular complexity index is 802. The van der Waals surface area contributed by atoms with E-state index in [2.05, 4.69) is 31.7 Å². The molecular formula is C16H18BrClN4O2. The van der Waals surface area contributed by atoms with Crippen molar-refractivity contribution in [2.24, 2.45) is 0 Å². The molecule has 0 aliphatic rings. The molecule has 0 saturated carbocycles. The first-order valence-corrected chi connectivity index (χ1v) is 8.50. The number of nitrogens with zero attached hydrogens (tertiary/aromatic N) is 2. The molecule has 1 aromatic carbocycles. The predicted octanol–water partition coefficient (Wildman–Crippen LogP) is 3.80. The van der Waals surface area contributed by atoms with E-state index in [1.54, 1.807) is 23.7 Å². The molecule has 0 fully saturated rings. The largest absolute Gasteiger partial charge is 0.355 e. The number of rotatable bonds is 4. The normalized spacial score (nSPS) is 10.8. The Morgan fingerprint density at radius 2 is 1.92 bits per heavy atom. The van der Waals surface area contributed by atoms with Gasteiger partial charge < -0.3 is 10.6 Å². The van der Waals surface area contributed by atoms with E-state index >= 15 is 0 Å². The highest BCUT2D eigenvalue weighted by Crippen LogP contribution is 2.27. The van der Waals surface area contributed by atoms with Gasteiger partial charge in [-0.25, -0.2) is 0 Å². The molecule has 0 saturated heterocycles. The molecule has 0 atom stereocenters. The first kappa shape index (κ1) is 18.5. The van der Waals surface area contributed by atoms with E-state index in [1.165, 1.54) is 13.1 Å². The van der Waals surface area contributed by atoms with Crippen LogP contribution in [0.15, 0.2) is 22.8 Å². The van der Waals surface area contributed by atoms with Gasteiger partial charge in [0.1, 0.15) is 10.3 Å². The van der Waals surface area contributed by atoms with Crippen molar-refractivity contribution in [1.82, 2.24) is 15.1 Å². The highest BCUT2D eigenvalue weighted by Gasteiger charge is 2.20. The molecule has 2 N–H and O–H groups in total. The number of hydrogen-bond acceptors (Lipinski definition) is 3. The molecule has 8 heteroatoms. The molecule has 2 amide bonds. The van der Waals surface area contributed by atoms with E-state index < -0.39 is 0 Å². The summed E-state index contributed by atoms with van der Waals surface area (Å²) in [6.07, 6.45) is 0. The number of amides is 2. The maximum atomic E-state index is 12.7. The zero-order valence-corrected chi connectivity index (χ0v) is 16.1. The van der Waals surface area contributed by atoms with Gasteiger partial charge in [-0.2, -0.15) is 5.10 Å². The maximum absolute atomic E-state index is 12.7. The Balaban J connectivity index is 2.45. The molecule has 0 unspecified atom stereocenters. The van der Waals surface area contributed by atoms with Gasteiger partial charge in [-0.3, -0.25) is 14.3 Å². The Hall–Kier alpha value is -1.86. The first-order chi connectivity index (χ1) is 11.2. The van der Waals surface area contributed by atoms with Gasteiger partial charge in [0.25, 0.3) is 11.8 Å². The Morgan fingerprint density at radius 3 is 2.50 bits per heavy atom. The van der Waals surface area contributed by atoms with Crippen molar-refractivity contribution in [2.45, 2.75) is 26.8 Å². The molecule has 128 valence electrons. The molecule has 24 heavy (non-hydrogen) atoms. The summed E-state index contributed by atoms with van der Waals surface area (Å²) in [6, 6.07) is 4.87. The summed E-state index contributed by atoms with van der Waals surface area (Å²) >= 11 is 9.32. The van der Waals surface area contributed by atoms with Gasteiger partial charge in [-0.05, 0) is 54.4 Å². The first-order valence-electron chi connectivity index (χ1n) is 7.33. The zero-order chi connectivity index (χ0) is 18.0. The van der Waals surface area contributed by atoms with Crippen LogP contribution in [0.1, 0.15) is 46.3 Å². The molecule has 0 spiro atoms. The summed E-state index contributed by atoms with van der Waals surface area (Å²) in [5.74, 6) is -0.674. The van der Waals surface area contributed by atoms with E-state index in [9.17, 15) is 9.59 Å². The van der Waals surface area contributed by atoms with Crippen LogP contribution in [-0.2, 0) is 0 Å². The molecule has 0 bridgehead atoms.